The van der Waals surface area contributed by atoms with Crippen LogP contribution in [0.2, 0.25) is 0 Å². The normalized spacial score (nSPS) is 17.0. The SMILES string of the molecule is CCC(C)n1ncc2c(C(=O)N3CCC(C(=O)O)CC3)cc(C)nc21. The minimum absolute atomic E-state index is 0.0666. The number of carbonyl (C=O) groups excluding carboxylic acids is 1. The molecule has 2 aromatic heterocycles. The second-order valence-electron chi connectivity index (χ2n) is 6.80. The van der Waals surface area contributed by atoms with Gasteiger partial charge in [-0.15, -0.1) is 0 Å². The third-order valence-electron chi connectivity index (χ3n) is 5.06. The number of pyridine rings is 1. The van der Waals surface area contributed by atoms with Crippen LogP contribution in [0, 0.1) is 12.8 Å². The lowest BCUT2D eigenvalue weighted by atomic mass is 9.96. The summed E-state index contributed by atoms with van der Waals surface area (Å²) in [6, 6.07) is 2.01. The minimum Gasteiger partial charge on any atom is -0.481 e. The van der Waals surface area contributed by atoms with E-state index in [1.54, 1.807) is 17.2 Å². The number of fused-ring (bicyclic) bond motifs is 1. The lowest BCUT2D eigenvalue weighted by Gasteiger charge is -2.30. The smallest absolute Gasteiger partial charge is 0.306 e. The molecule has 25 heavy (non-hydrogen) atoms. The number of aromatic nitrogens is 3. The van der Waals surface area contributed by atoms with Gasteiger partial charge in [0.2, 0.25) is 0 Å². The van der Waals surface area contributed by atoms with Crippen molar-refractivity contribution in [3.8, 4) is 0 Å². The van der Waals surface area contributed by atoms with Gasteiger partial charge in [0.1, 0.15) is 0 Å². The Balaban J connectivity index is 1.92. The number of likely N-dealkylation sites (tertiary alicyclic amines) is 1. The third kappa shape index (κ3) is 3.23. The molecule has 0 aliphatic carbocycles. The Labute approximate surface area is 146 Å². The minimum atomic E-state index is -0.774. The number of nitrogens with zero attached hydrogens (tertiary/aromatic N) is 4. The van der Waals surface area contributed by atoms with Crippen molar-refractivity contribution in [1.29, 1.82) is 0 Å². The van der Waals surface area contributed by atoms with Gasteiger partial charge in [-0.2, -0.15) is 5.10 Å². The number of hydrogen-bond acceptors (Lipinski definition) is 4. The van der Waals surface area contributed by atoms with Crippen molar-refractivity contribution < 1.29 is 14.7 Å². The topological polar surface area (TPSA) is 88.3 Å². The highest BCUT2D eigenvalue weighted by atomic mass is 16.4. The molecule has 1 atom stereocenters. The molecule has 1 fully saturated rings. The summed E-state index contributed by atoms with van der Waals surface area (Å²) in [6.45, 7) is 6.98. The van der Waals surface area contributed by atoms with Gasteiger partial charge in [-0.1, -0.05) is 6.92 Å². The van der Waals surface area contributed by atoms with Gasteiger partial charge in [0.15, 0.2) is 5.65 Å². The first-order chi connectivity index (χ1) is 11.9. The highest BCUT2D eigenvalue weighted by molar-refractivity contribution is 6.05. The number of hydrogen-bond donors (Lipinski definition) is 1. The molecule has 1 aliphatic heterocycles. The fraction of sp³-hybridized carbons (Fsp3) is 0.556. The summed E-state index contributed by atoms with van der Waals surface area (Å²) in [6.07, 6.45) is 3.64. The summed E-state index contributed by atoms with van der Waals surface area (Å²) in [4.78, 5) is 30.4. The average Bonchev–Trinajstić information content (AvgIpc) is 3.03. The zero-order chi connectivity index (χ0) is 18.1. The first-order valence-electron chi connectivity index (χ1n) is 8.79. The monoisotopic (exact) mass is 344 g/mol. The van der Waals surface area contributed by atoms with E-state index < -0.39 is 5.97 Å². The maximum atomic E-state index is 13.0. The Morgan fingerprint density at radius 2 is 2.04 bits per heavy atom. The van der Waals surface area contributed by atoms with Crippen molar-refractivity contribution in [1.82, 2.24) is 19.7 Å². The van der Waals surface area contributed by atoms with E-state index in [0.29, 0.717) is 31.5 Å². The number of amides is 1. The number of aryl methyl sites for hydroxylation is 1. The van der Waals surface area contributed by atoms with Crippen LogP contribution in [-0.4, -0.2) is 49.7 Å². The molecule has 0 aromatic carbocycles. The van der Waals surface area contributed by atoms with Crippen molar-refractivity contribution in [2.75, 3.05) is 13.1 Å². The Morgan fingerprint density at radius 3 is 2.64 bits per heavy atom. The summed E-state index contributed by atoms with van der Waals surface area (Å²) in [5, 5.41) is 14.3. The van der Waals surface area contributed by atoms with Gasteiger partial charge in [0, 0.05) is 18.8 Å². The van der Waals surface area contributed by atoms with E-state index in [0.717, 1.165) is 23.1 Å². The van der Waals surface area contributed by atoms with Crippen molar-refractivity contribution in [3.63, 3.8) is 0 Å². The van der Waals surface area contributed by atoms with Gasteiger partial charge in [-0.05, 0) is 39.2 Å². The molecular formula is C18H24N4O3. The highest BCUT2D eigenvalue weighted by Gasteiger charge is 2.29. The quantitative estimate of drug-likeness (QED) is 0.921. The molecule has 1 unspecified atom stereocenters. The fourth-order valence-corrected chi connectivity index (χ4v) is 3.32. The number of carboxylic acids is 1. The molecule has 3 rings (SSSR count). The zero-order valence-electron chi connectivity index (χ0n) is 14.9. The summed E-state index contributed by atoms with van der Waals surface area (Å²) < 4.78 is 1.87. The molecule has 0 radical (unpaired) electrons. The first-order valence-corrected chi connectivity index (χ1v) is 8.79. The summed E-state index contributed by atoms with van der Waals surface area (Å²) in [5.74, 6) is -1.19. The third-order valence-corrected chi connectivity index (χ3v) is 5.06. The molecule has 1 saturated heterocycles. The van der Waals surface area contributed by atoms with Crippen LogP contribution in [0.4, 0.5) is 0 Å². The number of carbonyl (C=O) groups is 2. The van der Waals surface area contributed by atoms with E-state index in [-0.39, 0.29) is 17.9 Å². The van der Waals surface area contributed by atoms with E-state index in [2.05, 4.69) is 23.9 Å². The number of carboxylic acid groups (broad SMARTS) is 1. The molecule has 3 heterocycles. The second-order valence-corrected chi connectivity index (χ2v) is 6.80. The Morgan fingerprint density at radius 1 is 1.36 bits per heavy atom. The number of aliphatic carboxylic acids is 1. The summed E-state index contributed by atoms with van der Waals surface area (Å²) in [5.41, 5.74) is 2.12. The molecule has 0 saturated carbocycles. The van der Waals surface area contributed by atoms with E-state index in [9.17, 15) is 9.59 Å². The van der Waals surface area contributed by atoms with Crippen LogP contribution in [0.3, 0.4) is 0 Å². The maximum Gasteiger partial charge on any atom is 0.306 e. The van der Waals surface area contributed by atoms with Gasteiger partial charge in [-0.3, -0.25) is 9.59 Å². The predicted octanol–water partition coefficient (Wildman–Crippen LogP) is 2.65. The van der Waals surface area contributed by atoms with Crippen molar-refractivity contribution in [2.24, 2.45) is 5.92 Å². The zero-order valence-corrected chi connectivity index (χ0v) is 14.9. The lowest BCUT2D eigenvalue weighted by Crippen LogP contribution is -2.40. The molecule has 1 N–H and O–H groups in total. The second kappa shape index (κ2) is 6.82. The van der Waals surface area contributed by atoms with Crippen LogP contribution in [0.25, 0.3) is 11.0 Å². The van der Waals surface area contributed by atoms with Gasteiger partial charge < -0.3 is 10.0 Å². The van der Waals surface area contributed by atoms with Gasteiger partial charge in [0.05, 0.1) is 29.1 Å². The summed E-state index contributed by atoms with van der Waals surface area (Å²) in [7, 11) is 0. The first kappa shape index (κ1) is 17.4. The maximum absolute atomic E-state index is 13.0. The van der Waals surface area contributed by atoms with Crippen LogP contribution in [0.15, 0.2) is 12.3 Å². The van der Waals surface area contributed by atoms with Crippen LogP contribution in [0.5, 0.6) is 0 Å². The fourth-order valence-electron chi connectivity index (χ4n) is 3.32. The van der Waals surface area contributed by atoms with E-state index in [4.69, 9.17) is 5.11 Å². The molecule has 2 aromatic rings. The lowest BCUT2D eigenvalue weighted by molar-refractivity contribution is -0.143. The Bertz CT molecular complexity index is 806. The molecule has 0 spiro atoms. The van der Waals surface area contributed by atoms with Gasteiger partial charge >= 0.3 is 5.97 Å². The van der Waals surface area contributed by atoms with Crippen molar-refractivity contribution >= 4 is 22.9 Å². The Hall–Kier alpha value is -2.44. The van der Waals surface area contributed by atoms with Gasteiger partial charge in [-0.25, -0.2) is 9.67 Å². The number of rotatable bonds is 4. The van der Waals surface area contributed by atoms with E-state index in [1.165, 1.54) is 0 Å². The molecular weight excluding hydrogens is 320 g/mol. The molecule has 1 amide bonds. The van der Waals surface area contributed by atoms with E-state index >= 15 is 0 Å². The van der Waals surface area contributed by atoms with Crippen LogP contribution in [-0.2, 0) is 4.79 Å². The van der Waals surface area contributed by atoms with Crippen LogP contribution >= 0.6 is 0 Å². The van der Waals surface area contributed by atoms with Crippen LogP contribution < -0.4 is 0 Å². The summed E-state index contributed by atoms with van der Waals surface area (Å²) >= 11 is 0. The van der Waals surface area contributed by atoms with Gasteiger partial charge in [0.25, 0.3) is 5.91 Å². The number of piperidine rings is 1. The molecule has 134 valence electrons. The van der Waals surface area contributed by atoms with Crippen molar-refractivity contribution in [2.45, 2.75) is 46.1 Å². The van der Waals surface area contributed by atoms with Crippen molar-refractivity contribution in [3.05, 3.63) is 23.5 Å². The average molecular weight is 344 g/mol. The molecule has 7 nitrogen and oxygen atoms in total. The predicted molar refractivity (Wildman–Crippen MR) is 93.5 cm³/mol. The van der Waals surface area contributed by atoms with Crippen LogP contribution in [0.1, 0.15) is 55.2 Å². The molecule has 0 bridgehead atoms. The molecule has 1 aliphatic rings. The van der Waals surface area contributed by atoms with E-state index in [1.807, 2.05) is 11.6 Å². The molecule has 7 heteroatoms. The largest absolute Gasteiger partial charge is 0.481 e. The standard InChI is InChI=1S/C18H24N4O3/c1-4-12(3)22-16-15(10-19-22)14(9-11(2)20-16)17(23)21-7-5-13(6-8-21)18(24)25/h9-10,12-13H,4-8H2,1-3H3,(H,24,25). The Kier molecular flexibility index (Phi) is 4.74. The highest BCUT2D eigenvalue weighted by Crippen LogP contribution is 2.25.